The molecule has 0 N–H and O–H groups in total. The molecule has 0 saturated carbocycles. The summed E-state index contributed by atoms with van der Waals surface area (Å²) in [5, 5.41) is 0. The van der Waals surface area contributed by atoms with Gasteiger partial charge in [-0.3, -0.25) is 0 Å². The summed E-state index contributed by atoms with van der Waals surface area (Å²) in [7, 11) is 2.50. The van der Waals surface area contributed by atoms with Gasteiger partial charge in [-0.2, -0.15) is 0 Å². The highest BCUT2D eigenvalue weighted by atomic mass is 127. The molecule has 0 aromatic carbocycles. The van der Waals surface area contributed by atoms with Gasteiger partial charge in [0, 0.05) is 3.57 Å². The van der Waals surface area contributed by atoms with Crippen molar-refractivity contribution in [1.29, 1.82) is 0 Å². The van der Waals surface area contributed by atoms with Crippen LogP contribution in [0.15, 0.2) is 12.1 Å². The average Bonchev–Trinajstić information content (AvgIpc) is 2.26. The zero-order valence-corrected chi connectivity index (χ0v) is 10.3. The fourth-order valence-electron chi connectivity index (χ4n) is 0.915. The molecule has 1 rings (SSSR count). The van der Waals surface area contributed by atoms with E-state index in [1.54, 1.807) is 0 Å². The molecule has 1 heterocycles. The first-order valence-corrected chi connectivity index (χ1v) is 5.00. The van der Waals surface area contributed by atoms with Gasteiger partial charge in [0.05, 0.1) is 14.2 Å². The van der Waals surface area contributed by atoms with Gasteiger partial charge < -0.3 is 9.47 Å². The van der Waals surface area contributed by atoms with Crippen LogP contribution < -0.4 is 0 Å². The normalized spacial score (nSPS) is 9.53. The minimum atomic E-state index is -0.585. The lowest BCUT2D eigenvalue weighted by Gasteiger charge is -2.02. The van der Waals surface area contributed by atoms with Crippen molar-refractivity contribution >= 4 is 34.5 Å². The highest BCUT2D eigenvalue weighted by Crippen LogP contribution is 2.10. The lowest BCUT2D eigenvalue weighted by atomic mass is 10.3. The lowest BCUT2D eigenvalue weighted by Crippen LogP contribution is -2.11. The molecule has 0 radical (unpaired) electrons. The molecule has 1 aromatic rings. The van der Waals surface area contributed by atoms with E-state index in [1.165, 1.54) is 26.4 Å². The zero-order valence-electron chi connectivity index (χ0n) is 8.11. The maximum absolute atomic E-state index is 11.2. The van der Waals surface area contributed by atoms with Crippen LogP contribution in [0.2, 0.25) is 0 Å². The number of esters is 2. The fraction of sp³-hybridized carbons (Fsp3) is 0.222. The van der Waals surface area contributed by atoms with E-state index < -0.39 is 11.9 Å². The first-order chi connectivity index (χ1) is 7.08. The van der Waals surface area contributed by atoms with E-state index in [-0.39, 0.29) is 11.4 Å². The van der Waals surface area contributed by atoms with Crippen molar-refractivity contribution in [3.05, 3.63) is 27.1 Å². The van der Waals surface area contributed by atoms with E-state index in [0.29, 0.717) is 3.57 Å². The second-order valence-corrected chi connectivity index (χ2v) is 3.78. The van der Waals surface area contributed by atoms with Crippen LogP contribution >= 0.6 is 22.6 Å². The number of rotatable bonds is 2. The number of nitrogens with zero attached hydrogens (tertiary/aromatic N) is 1. The van der Waals surface area contributed by atoms with E-state index in [0.717, 1.165) is 0 Å². The summed E-state index contributed by atoms with van der Waals surface area (Å²) in [5.74, 6) is -1.17. The van der Waals surface area contributed by atoms with Gasteiger partial charge in [0.1, 0.15) is 11.4 Å². The van der Waals surface area contributed by atoms with E-state index in [9.17, 15) is 9.59 Å². The minimum Gasteiger partial charge on any atom is -0.464 e. The van der Waals surface area contributed by atoms with Crippen molar-refractivity contribution in [2.24, 2.45) is 0 Å². The molecule has 5 nitrogen and oxygen atoms in total. The first kappa shape index (κ1) is 11.9. The van der Waals surface area contributed by atoms with E-state index in [4.69, 9.17) is 0 Å². The van der Waals surface area contributed by atoms with Crippen LogP contribution in [0, 0.1) is 3.57 Å². The molecule has 0 saturated heterocycles. The number of carbonyl (C=O) groups is 2. The largest absolute Gasteiger partial charge is 0.464 e. The fourth-order valence-corrected chi connectivity index (χ4v) is 1.51. The van der Waals surface area contributed by atoms with E-state index in [2.05, 4.69) is 14.5 Å². The summed E-state index contributed by atoms with van der Waals surface area (Å²) < 4.78 is 9.72. The Kier molecular flexibility index (Phi) is 4.01. The highest BCUT2D eigenvalue weighted by molar-refractivity contribution is 14.1. The predicted octanol–water partition coefficient (Wildman–Crippen LogP) is 1.26. The molecule has 0 spiro atoms. The Bertz CT molecular complexity index is 371. The molecule has 0 aliphatic carbocycles. The standard InChI is InChI=1S/C9H8INO4/c1-14-8(12)6-3-5(10)4-7(11-6)9(13)15-2/h3-4H,1-2H3. The van der Waals surface area contributed by atoms with Crippen molar-refractivity contribution in [2.45, 2.75) is 0 Å². The summed E-state index contributed by atoms with van der Waals surface area (Å²) in [5.41, 5.74) is 0.176. The summed E-state index contributed by atoms with van der Waals surface area (Å²) in [6, 6.07) is 3.05. The lowest BCUT2D eigenvalue weighted by molar-refractivity contribution is 0.0585. The number of carbonyl (C=O) groups excluding carboxylic acids is 2. The van der Waals surface area contributed by atoms with Crippen LogP contribution in [0.5, 0.6) is 0 Å². The molecule has 6 heteroatoms. The van der Waals surface area contributed by atoms with E-state index in [1.807, 2.05) is 22.6 Å². The Hall–Kier alpha value is -1.18. The third-order valence-electron chi connectivity index (χ3n) is 1.58. The molecule has 1 aromatic heterocycles. The number of pyridine rings is 1. The smallest absolute Gasteiger partial charge is 0.356 e. The van der Waals surface area contributed by atoms with Gasteiger partial charge in [0.2, 0.25) is 0 Å². The van der Waals surface area contributed by atoms with Crippen LogP contribution in [0.1, 0.15) is 21.0 Å². The van der Waals surface area contributed by atoms with Crippen LogP contribution in [0.3, 0.4) is 0 Å². The third-order valence-corrected chi connectivity index (χ3v) is 2.20. The monoisotopic (exact) mass is 321 g/mol. The summed E-state index contributed by atoms with van der Waals surface area (Å²) >= 11 is 1.97. The number of aromatic nitrogens is 1. The second kappa shape index (κ2) is 5.06. The Morgan fingerprint density at radius 2 is 1.53 bits per heavy atom. The maximum Gasteiger partial charge on any atom is 0.356 e. The zero-order chi connectivity index (χ0) is 11.4. The summed E-state index contributed by atoms with van der Waals surface area (Å²) in [6.45, 7) is 0. The number of halogens is 1. The Morgan fingerprint density at radius 3 is 1.87 bits per heavy atom. The van der Waals surface area contributed by atoms with Gasteiger partial charge in [0.25, 0.3) is 0 Å². The molecule has 80 valence electrons. The Balaban J connectivity index is 3.16. The Morgan fingerprint density at radius 1 is 1.13 bits per heavy atom. The molecule has 0 aliphatic heterocycles. The maximum atomic E-state index is 11.2. The van der Waals surface area contributed by atoms with Crippen molar-refractivity contribution in [3.8, 4) is 0 Å². The minimum absolute atomic E-state index is 0.0878. The van der Waals surface area contributed by atoms with Gasteiger partial charge in [-0.15, -0.1) is 0 Å². The van der Waals surface area contributed by atoms with Crippen LogP contribution in [-0.4, -0.2) is 31.1 Å². The number of hydrogen-bond acceptors (Lipinski definition) is 5. The third kappa shape index (κ3) is 2.88. The van der Waals surface area contributed by atoms with Gasteiger partial charge in [0.15, 0.2) is 0 Å². The van der Waals surface area contributed by atoms with Crippen LogP contribution in [0.4, 0.5) is 0 Å². The number of hydrogen-bond donors (Lipinski definition) is 0. The molecule has 0 aliphatic rings. The number of ether oxygens (including phenoxy) is 2. The van der Waals surface area contributed by atoms with Gasteiger partial charge in [-0.05, 0) is 34.7 Å². The molecule has 0 bridgehead atoms. The quantitative estimate of drug-likeness (QED) is 0.606. The first-order valence-electron chi connectivity index (χ1n) is 3.92. The van der Waals surface area contributed by atoms with Gasteiger partial charge >= 0.3 is 11.9 Å². The van der Waals surface area contributed by atoms with Crippen molar-refractivity contribution in [2.75, 3.05) is 14.2 Å². The van der Waals surface area contributed by atoms with Crippen LogP contribution in [-0.2, 0) is 9.47 Å². The average molecular weight is 321 g/mol. The second-order valence-electron chi connectivity index (χ2n) is 2.54. The molecule has 0 atom stereocenters. The van der Waals surface area contributed by atoms with E-state index >= 15 is 0 Å². The molecule has 0 amide bonds. The molecular weight excluding hydrogens is 313 g/mol. The van der Waals surface area contributed by atoms with Crippen molar-refractivity contribution < 1.29 is 19.1 Å². The highest BCUT2D eigenvalue weighted by Gasteiger charge is 2.14. The predicted molar refractivity (Wildman–Crippen MR) is 59.6 cm³/mol. The van der Waals surface area contributed by atoms with Crippen molar-refractivity contribution in [3.63, 3.8) is 0 Å². The molecule has 0 fully saturated rings. The Labute approximate surface area is 99.9 Å². The van der Waals surface area contributed by atoms with Crippen LogP contribution in [0.25, 0.3) is 0 Å². The SMILES string of the molecule is COC(=O)c1cc(I)cc(C(=O)OC)n1. The van der Waals surface area contributed by atoms with Gasteiger partial charge in [-0.25, -0.2) is 14.6 Å². The van der Waals surface area contributed by atoms with Crippen molar-refractivity contribution in [1.82, 2.24) is 4.98 Å². The molecular formula is C9H8INO4. The summed E-state index contributed by atoms with van der Waals surface area (Å²) in [6.07, 6.45) is 0. The molecule has 15 heavy (non-hydrogen) atoms. The topological polar surface area (TPSA) is 65.5 Å². The van der Waals surface area contributed by atoms with Gasteiger partial charge in [-0.1, -0.05) is 0 Å². The number of methoxy groups -OCH3 is 2. The summed E-state index contributed by atoms with van der Waals surface area (Å²) in [4.78, 5) is 26.2. The molecule has 0 unspecified atom stereocenters.